The second-order valence-electron chi connectivity index (χ2n) is 3.74. The van der Waals surface area contributed by atoms with Crippen molar-refractivity contribution in [3.8, 4) is 6.19 Å². The van der Waals surface area contributed by atoms with Crippen LogP contribution in [0.5, 0.6) is 0 Å². The highest BCUT2D eigenvalue weighted by molar-refractivity contribution is 5.94. The first-order valence-corrected chi connectivity index (χ1v) is 5.92. The third-order valence-corrected chi connectivity index (χ3v) is 2.39. The summed E-state index contributed by atoms with van der Waals surface area (Å²) in [4.78, 5) is 14.8. The van der Waals surface area contributed by atoms with Crippen molar-refractivity contribution in [2.75, 3.05) is 19.5 Å². The van der Waals surface area contributed by atoms with Crippen molar-refractivity contribution >= 4 is 23.7 Å². The molecule has 0 unspecified atom stereocenters. The van der Waals surface area contributed by atoms with E-state index in [4.69, 9.17) is 5.26 Å². The maximum absolute atomic E-state index is 10.9. The van der Waals surface area contributed by atoms with Crippen molar-refractivity contribution in [2.45, 2.75) is 6.42 Å². The van der Waals surface area contributed by atoms with E-state index in [9.17, 15) is 4.79 Å². The maximum Gasteiger partial charge on any atom is 0.309 e. The van der Waals surface area contributed by atoms with E-state index < -0.39 is 0 Å². The molecule has 0 saturated heterocycles. The highest BCUT2D eigenvalue weighted by Gasteiger charge is 1.98. The van der Waals surface area contributed by atoms with E-state index in [1.165, 1.54) is 7.11 Å². The average molecular weight is 272 g/mol. The lowest BCUT2D eigenvalue weighted by Crippen LogP contribution is -2.26. The molecule has 0 amide bonds. The van der Waals surface area contributed by atoms with Crippen LogP contribution in [0, 0.1) is 11.5 Å². The van der Waals surface area contributed by atoms with Gasteiger partial charge < -0.3 is 10.1 Å². The second kappa shape index (κ2) is 8.32. The Hall–Kier alpha value is -2.81. The van der Waals surface area contributed by atoms with Crippen molar-refractivity contribution in [3.05, 3.63) is 35.9 Å². The van der Waals surface area contributed by atoms with E-state index in [2.05, 4.69) is 20.4 Å². The van der Waals surface area contributed by atoms with E-state index in [-0.39, 0.29) is 12.4 Å². The highest BCUT2D eigenvalue weighted by atomic mass is 16.5. The number of nitrogens with zero attached hydrogens (tertiary/aromatic N) is 2. The lowest BCUT2D eigenvalue weighted by atomic mass is 10.2. The monoisotopic (exact) mass is 272 g/mol. The molecule has 2 N–H and O–H groups in total. The standard InChI is InChI=1S/C14H16N4O2/c1-16-14(17-10-15)18-12-8-6-11(7-9-12)4-3-5-13(19)20-2/h3-4,6-9H,5H2,1-2H3,(H2,16,17,18). The summed E-state index contributed by atoms with van der Waals surface area (Å²) in [5.74, 6) is 0.104. The summed E-state index contributed by atoms with van der Waals surface area (Å²) in [7, 11) is 2.94. The Morgan fingerprint density at radius 2 is 2.15 bits per heavy atom. The number of aliphatic imine (C=N–C) groups is 1. The number of ether oxygens (including phenoxy) is 1. The van der Waals surface area contributed by atoms with Crippen LogP contribution in [0.4, 0.5) is 5.69 Å². The van der Waals surface area contributed by atoms with E-state index in [1.807, 2.05) is 30.3 Å². The Labute approximate surface area is 117 Å². The number of methoxy groups -OCH3 is 1. The molecule has 20 heavy (non-hydrogen) atoms. The number of rotatable bonds is 4. The Morgan fingerprint density at radius 3 is 2.70 bits per heavy atom. The van der Waals surface area contributed by atoms with Gasteiger partial charge in [0.05, 0.1) is 13.5 Å². The third-order valence-electron chi connectivity index (χ3n) is 2.39. The molecule has 1 rings (SSSR count). The van der Waals surface area contributed by atoms with Crippen molar-refractivity contribution in [2.24, 2.45) is 4.99 Å². The number of nitrogens with one attached hydrogen (secondary N) is 2. The number of nitriles is 1. The van der Waals surface area contributed by atoms with Crippen LogP contribution in [0.15, 0.2) is 35.3 Å². The fourth-order valence-electron chi connectivity index (χ4n) is 1.38. The normalized spacial score (nSPS) is 10.9. The van der Waals surface area contributed by atoms with Gasteiger partial charge >= 0.3 is 5.97 Å². The number of esters is 1. The van der Waals surface area contributed by atoms with Gasteiger partial charge in [-0.15, -0.1) is 0 Å². The van der Waals surface area contributed by atoms with Gasteiger partial charge in [-0.25, -0.2) is 0 Å². The largest absolute Gasteiger partial charge is 0.469 e. The predicted molar refractivity (Wildman–Crippen MR) is 77.8 cm³/mol. The minimum Gasteiger partial charge on any atom is -0.469 e. The van der Waals surface area contributed by atoms with Gasteiger partial charge in [0.15, 0.2) is 6.19 Å². The predicted octanol–water partition coefficient (Wildman–Crippen LogP) is 1.73. The molecular formula is C14H16N4O2. The fourth-order valence-corrected chi connectivity index (χ4v) is 1.38. The third kappa shape index (κ3) is 5.23. The summed E-state index contributed by atoms with van der Waals surface area (Å²) >= 11 is 0. The molecular weight excluding hydrogens is 256 g/mol. The Morgan fingerprint density at radius 1 is 1.45 bits per heavy atom. The van der Waals surface area contributed by atoms with Gasteiger partial charge in [-0.05, 0) is 17.7 Å². The van der Waals surface area contributed by atoms with Gasteiger partial charge in [0.1, 0.15) is 0 Å². The topological polar surface area (TPSA) is 86.5 Å². The molecule has 104 valence electrons. The molecule has 0 aliphatic carbocycles. The van der Waals surface area contributed by atoms with Gasteiger partial charge in [-0.3, -0.25) is 15.1 Å². The van der Waals surface area contributed by atoms with Gasteiger partial charge in [0.25, 0.3) is 0 Å². The molecule has 0 aliphatic rings. The molecule has 0 bridgehead atoms. The number of hydrogen-bond donors (Lipinski definition) is 2. The first-order valence-electron chi connectivity index (χ1n) is 5.92. The van der Waals surface area contributed by atoms with Crippen LogP contribution in [-0.2, 0) is 9.53 Å². The van der Waals surface area contributed by atoms with E-state index in [0.717, 1.165) is 11.3 Å². The number of hydrogen-bond acceptors (Lipinski definition) is 4. The minimum absolute atomic E-state index is 0.245. The molecule has 0 aliphatic heterocycles. The SMILES string of the molecule is CN=C(NC#N)Nc1ccc(C=CCC(=O)OC)cc1. The summed E-state index contributed by atoms with van der Waals surface area (Å²) in [6.45, 7) is 0. The van der Waals surface area contributed by atoms with Crippen LogP contribution in [0.1, 0.15) is 12.0 Å². The molecule has 0 fully saturated rings. The average Bonchev–Trinajstić information content (AvgIpc) is 2.48. The second-order valence-corrected chi connectivity index (χ2v) is 3.74. The summed E-state index contributed by atoms with van der Waals surface area (Å²) in [5, 5.41) is 13.9. The van der Waals surface area contributed by atoms with Crippen molar-refractivity contribution < 1.29 is 9.53 Å². The van der Waals surface area contributed by atoms with Crippen LogP contribution in [0.25, 0.3) is 6.08 Å². The summed E-state index contributed by atoms with van der Waals surface area (Å²) in [6, 6.07) is 7.47. The van der Waals surface area contributed by atoms with Crippen molar-refractivity contribution in [1.29, 1.82) is 5.26 Å². The van der Waals surface area contributed by atoms with Gasteiger partial charge in [0, 0.05) is 12.7 Å². The lowest BCUT2D eigenvalue weighted by Gasteiger charge is -2.06. The van der Waals surface area contributed by atoms with E-state index >= 15 is 0 Å². The minimum atomic E-state index is -0.272. The number of carbonyl (C=O) groups excluding carboxylic acids is 1. The van der Waals surface area contributed by atoms with Crippen LogP contribution in [-0.4, -0.2) is 26.1 Å². The van der Waals surface area contributed by atoms with Crippen LogP contribution >= 0.6 is 0 Å². The van der Waals surface area contributed by atoms with Crippen LogP contribution in [0.3, 0.4) is 0 Å². The Kier molecular flexibility index (Phi) is 6.34. The van der Waals surface area contributed by atoms with Crippen molar-refractivity contribution in [3.63, 3.8) is 0 Å². The van der Waals surface area contributed by atoms with Crippen LogP contribution < -0.4 is 10.6 Å². The molecule has 0 atom stereocenters. The summed E-state index contributed by atoms with van der Waals surface area (Å²) in [5.41, 5.74) is 1.76. The van der Waals surface area contributed by atoms with Gasteiger partial charge in [-0.1, -0.05) is 24.3 Å². The van der Waals surface area contributed by atoms with E-state index in [1.54, 1.807) is 19.3 Å². The molecule has 0 aromatic heterocycles. The molecule has 0 saturated carbocycles. The molecule has 0 radical (unpaired) electrons. The van der Waals surface area contributed by atoms with Crippen molar-refractivity contribution in [1.82, 2.24) is 5.32 Å². The van der Waals surface area contributed by atoms with Gasteiger partial charge in [-0.2, -0.15) is 5.26 Å². The maximum atomic E-state index is 10.9. The first kappa shape index (κ1) is 15.2. The smallest absolute Gasteiger partial charge is 0.309 e. The molecule has 0 spiro atoms. The number of anilines is 1. The highest BCUT2D eigenvalue weighted by Crippen LogP contribution is 2.11. The summed E-state index contributed by atoms with van der Waals surface area (Å²) in [6.07, 6.45) is 5.62. The zero-order valence-electron chi connectivity index (χ0n) is 11.4. The zero-order valence-corrected chi connectivity index (χ0v) is 11.4. The van der Waals surface area contributed by atoms with Crippen LogP contribution in [0.2, 0.25) is 0 Å². The zero-order chi connectivity index (χ0) is 14.8. The molecule has 1 aromatic rings. The number of guanidine groups is 1. The fraction of sp³-hybridized carbons (Fsp3) is 0.214. The number of benzene rings is 1. The molecule has 6 nitrogen and oxygen atoms in total. The molecule has 1 aromatic carbocycles. The molecule has 0 heterocycles. The summed E-state index contributed by atoms with van der Waals surface area (Å²) < 4.78 is 4.54. The lowest BCUT2D eigenvalue weighted by molar-refractivity contribution is -0.139. The molecule has 6 heteroatoms. The van der Waals surface area contributed by atoms with Gasteiger partial charge in [0.2, 0.25) is 5.96 Å². The quantitative estimate of drug-likeness (QED) is 0.286. The first-order chi connectivity index (χ1) is 9.69. The Balaban J connectivity index is 2.60. The number of carbonyl (C=O) groups is 1. The van der Waals surface area contributed by atoms with E-state index in [0.29, 0.717) is 5.96 Å². The Bertz CT molecular complexity index is 541.